The van der Waals surface area contributed by atoms with Gasteiger partial charge < -0.3 is 5.32 Å². The van der Waals surface area contributed by atoms with E-state index in [1.165, 1.54) is 19.4 Å². The number of hydrogen-bond acceptors (Lipinski definition) is 5. The second-order valence-electron chi connectivity index (χ2n) is 7.62. The quantitative estimate of drug-likeness (QED) is 0.451. The number of rotatable bonds is 7. The summed E-state index contributed by atoms with van der Waals surface area (Å²) < 4.78 is 38.9. The lowest BCUT2D eigenvalue weighted by atomic mass is 10.0. The number of nitrogens with zero attached hydrogens (tertiary/aromatic N) is 3. The number of hydrogen-bond donors (Lipinski definition) is 1. The van der Waals surface area contributed by atoms with Crippen molar-refractivity contribution in [3.8, 4) is 11.1 Å². The Labute approximate surface area is 186 Å². The van der Waals surface area contributed by atoms with Crippen LogP contribution in [-0.2, 0) is 23.1 Å². The predicted molar refractivity (Wildman–Crippen MR) is 125 cm³/mol. The second kappa shape index (κ2) is 9.02. The van der Waals surface area contributed by atoms with Crippen molar-refractivity contribution in [1.29, 1.82) is 0 Å². The molecule has 1 aromatic heterocycles. The molecule has 0 fully saturated rings. The molecule has 4 aromatic rings. The number of nitrogens with one attached hydrogen (secondary N) is 1. The molecule has 4 rings (SSSR count). The normalized spacial score (nSPS) is 11.8. The van der Waals surface area contributed by atoms with Gasteiger partial charge in [0.15, 0.2) is 0 Å². The van der Waals surface area contributed by atoms with E-state index >= 15 is 0 Å². The highest BCUT2D eigenvalue weighted by atomic mass is 32.2. The third-order valence-corrected chi connectivity index (χ3v) is 6.54. The Morgan fingerprint density at radius 1 is 0.969 bits per heavy atom. The maximum Gasteiger partial charge on any atom is 0.211 e. The first kappa shape index (κ1) is 21.9. The van der Waals surface area contributed by atoms with Crippen molar-refractivity contribution in [2.75, 3.05) is 18.6 Å². The Hall–Kier alpha value is -3.36. The third-order valence-electron chi connectivity index (χ3n) is 5.28. The monoisotopic (exact) mass is 450 g/mol. The fourth-order valence-electron chi connectivity index (χ4n) is 3.39. The van der Waals surface area contributed by atoms with Crippen molar-refractivity contribution in [1.82, 2.24) is 14.3 Å². The fraction of sp³-hybridized carbons (Fsp3) is 0.167. The molecule has 1 heterocycles. The van der Waals surface area contributed by atoms with E-state index in [0.29, 0.717) is 17.9 Å². The summed E-state index contributed by atoms with van der Waals surface area (Å²) in [5, 5.41) is 4.21. The van der Waals surface area contributed by atoms with Crippen molar-refractivity contribution >= 4 is 26.7 Å². The van der Waals surface area contributed by atoms with Gasteiger partial charge in [-0.15, -0.1) is 0 Å². The van der Waals surface area contributed by atoms with Crippen molar-refractivity contribution in [3.05, 3.63) is 90.0 Å². The van der Waals surface area contributed by atoms with Crippen LogP contribution < -0.4 is 5.32 Å². The highest BCUT2D eigenvalue weighted by molar-refractivity contribution is 7.88. The molecule has 32 heavy (non-hydrogen) atoms. The van der Waals surface area contributed by atoms with Gasteiger partial charge in [-0.25, -0.2) is 27.1 Å². The molecule has 0 amide bonds. The van der Waals surface area contributed by atoms with Crippen molar-refractivity contribution in [3.63, 3.8) is 0 Å². The fourth-order valence-corrected chi connectivity index (χ4v) is 3.76. The van der Waals surface area contributed by atoms with Gasteiger partial charge in [-0.3, -0.25) is 0 Å². The van der Waals surface area contributed by atoms with Crippen molar-refractivity contribution in [2.45, 2.75) is 13.1 Å². The molecule has 0 aliphatic carbocycles. The van der Waals surface area contributed by atoms with Gasteiger partial charge in [0.25, 0.3) is 0 Å². The molecule has 0 aliphatic heterocycles. The summed E-state index contributed by atoms with van der Waals surface area (Å²) in [6, 6.07) is 20.5. The molecule has 164 valence electrons. The molecule has 1 N–H and O–H groups in total. The Kier molecular flexibility index (Phi) is 6.16. The largest absolute Gasteiger partial charge is 0.365 e. The van der Waals surface area contributed by atoms with Crippen LogP contribution >= 0.6 is 0 Å². The average molecular weight is 451 g/mol. The first-order valence-corrected chi connectivity index (χ1v) is 11.9. The zero-order valence-electron chi connectivity index (χ0n) is 17.8. The van der Waals surface area contributed by atoms with Crippen LogP contribution in [0.1, 0.15) is 11.1 Å². The highest BCUT2D eigenvalue weighted by Gasteiger charge is 2.15. The van der Waals surface area contributed by atoms with Gasteiger partial charge in [0.1, 0.15) is 18.0 Å². The van der Waals surface area contributed by atoms with Gasteiger partial charge in [-0.1, -0.05) is 42.5 Å². The molecule has 0 bridgehead atoms. The first-order chi connectivity index (χ1) is 15.3. The minimum Gasteiger partial charge on any atom is -0.365 e. The zero-order valence-corrected chi connectivity index (χ0v) is 18.6. The molecular formula is C24H23FN4O2S. The van der Waals surface area contributed by atoms with Crippen LogP contribution in [0.15, 0.2) is 73.1 Å². The van der Waals surface area contributed by atoms with E-state index in [-0.39, 0.29) is 6.54 Å². The molecule has 0 saturated heterocycles. The van der Waals surface area contributed by atoms with Gasteiger partial charge >= 0.3 is 0 Å². The highest BCUT2D eigenvalue weighted by Crippen LogP contribution is 2.29. The van der Waals surface area contributed by atoms with Crippen LogP contribution in [-0.4, -0.2) is 36.0 Å². The molecule has 0 radical (unpaired) electrons. The van der Waals surface area contributed by atoms with Gasteiger partial charge in [0.05, 0.1) is 11.8 Å². The SMILES string of the molecule is CN(Cc1cc(-c2ccc3ncnc(NCc4ccccc4)c3c2)ccc1F)S(C)(=O)=O. The molecular weight excluding hydrogens is 427 g/mol. The van der Waals surface area contributed by atoms with Crippen molar-refractivity contribution < 1.29 is 12.8 Å². The van der Waals surface area contributed by atoms with E-state index in [4.69, 9.17) is 0 Å². The first-order valence-electron chi connectivity index (χ1n) is 10.0. The average Bonchev–Trinajstić information content (AvgIpc) is 2.78. The summed E-state index contributed by atoms with van der Waals surface area (Å²) >= 11 is 0. The van der Waals surface area contributed by atoms with E-state index in [0.717, 1.165) is 38.2 Å². The lowest BCUT2D eigenvalue weighted by molar-refractivity contribution is 0.461. The summed E-state index contributed by atoms with van der Waals surface area (Å²) in [5.74, 6) is 0.262. The summed E-state index contributed by atoms with van der Waals surface area (Å²) in [6.45, 7) is 0.578. The molecule has 6 nitrogen and oxygen atoms in total. The second-order valence-corrected chi connectivity index (χ2v) is 9.71. The number of sulfonamides is 1. The lowest BCUT2D eigenvalue weighted by Gasteiger charge is -2.15. The molecule has 0 atom stereocenters. The third kappa shape index (κ3) is 4.92. The topological polar surface area (TPSA) is 75.2 Å². The van der Waals surface area contributed by atoms with Crippen molar-refractivity contribution in [2.24, 2.45) is 0 Å². The van der Waals surface area contributed by atoms with E-state index in [1.54, 1.807) is 12.1 Å². The number of aromatic nitrogens is 2. The molecule has 0 aliphatic rings. The zero-order chi connectivity index (χ0) is 22.7. The number of halogens is 1. The van der Waals surface area contributed by atoms with E-state index in [9.17, 15) is 12.8 Å². The summed E-state index contributed by atoms with van der Waals surface area (Å²) in [6.07, 6.45) is 2.62. The van der Waals surface area contributed by atoms with Gasteiger partial charge in [-0.05, 0) is 41.0 Å². The van der Waals surface area contributed by atoms with Gasteiger partial charge in [-0.2, -0.15) is 0 Å². The Balaban J connectivity index is 1.67. The number of benzene rings is 3. The maximum atomic E-state index is 14.4. The molecule has 3 aromatic carbocycles. The summed E-state index contributed by atoms with van der Waals surface area (Å²) in [4.78, 5) is 8.74. The number of anilines is 1. The smallest absolute Gasteiger partial charge is 0.211 e. The Morgan fingerprint density at radius 2 is 1.69 bits per heavy atom. The van der Waals surface area contributed by atoms with E-state index < -0.39 is 15.8 Å². The number of fused-ring (bicyclic) bond motifs is 1. The Bertz CT molecular complexity index is 1360. The van der Waals surface area contributed by atoms with Crippen LogP contribution in [0.4, 0.5) is 10.2 Å². The van der Waals surface area contributed by atoms with Crippen LogP contribution in [0.2, 0.25) is 0 Å². The Morgan fingerprint density at radius 3 is 2.44 bits per heavy atom. The predicted octanol–water partition coefficient (Wildman–Crippen LogP) is 4.44. The van der Waals surface area contributed by atoms with Crippen LogP contribution in [0, 0.1) is 5.82 Å². The van der Waals surface area contributed by atoms with E-state index in [2.05, 4.69) is 15.3 Å². The van der Waals surface area contributed by atoms with Crippen LogP contribution in [0.3, 0.4) is 0 Å². The molecule has 0 unspecified atom stereocenters. The van der Waals surface area contributed by atoms with Crippen LogP contribution in [0.5, 0.6) is 0 Å². The lowest BCUT2D eigenvalue weighted by Crippen LogP contribution is -2.25. The maximum absolute atomic E-state index is 14.4. The molecule has 0 saturated carbocycles. The minimum atomic E-state index is -3.42. The minimum absolute atomic E-state index is 0.0426. The van der Waals surface area contributed by atoms with Gasteiger partial charge in [0, 0.05) is 31.1 Å². The van der Waals surface area contributed by atoms with E-state index in [1.807, 2.05) is 48.5 Å². The molecule has 0 spiro atoms. The standard InChI is InChI=1S/C24H23FN4O2S/c1-29(32(2,30)31)15-20-12-18(8-10-22(20)25)19-9-11-23-21(13-19)24(28-16-27-23)26-14-17-6-4-3-5-7-17/h3-13,16H,14-15H2,1-2H3,(H,26,27,28). The summed E-state index contributed by atoms with van der Waals surface area (Å²) in [7, 11) is -1.99. The van der Waals surface area contributed by atoms with Gasteiger partial charge in [0.2, 0.25) is 10.0 Å². The molecule has 8 heteroatoms. The van der Waals surface area contributed by atoms with Crippen LogP contribution in [0.25, 0.3) is 22.0 Å². The summed E-state index contributed by atoms with van der Waals surface area (Å²) in [5.41, 5.74) is 3.87.